The number of hydrogen-bond donors (Lipinski definition) is 1. The van der Waals surface area contributed by atoms with Crippen LogP contribution in [0.5, 0.6) is 0 Å². The van der Waals surface area contributed by atoms with Gasteiger partial charge in [-0.2, -0.15) is 13.9 Å². The predicted octanol–water partition coefficient (Wildman–Crippen LogP) is 5.31. The van der Waals surface area contributed by atoms with Crippen molar-refractivity contribution in [3.05, 3.63) is 29.3 Å². The lowest BCUT2D eigenvalue weighted by Gasteiger charge is -2.26. The third-order valence-corrected chi connectivity index (χ3v) is 5.86. The van der Waals surface area contributed by atoms with E-state index in [0.29, 0.717) is 13.2 Å². The van der Waals surface area contributed by atoms with E-state index >= 15 is 0 Å². The molecule has 0 aliphatic heterocycles. The van der Waals surface area contributed by atoms with E-state index < -0.39 is 7.94 Å². The van der Waals surface area contributed by atoms with Gasteiger partial charge >= 0.3 is 7.94 Å². The van der Waals surface area contributed by atoms with Gasteiger partial charge in [-0.3, -0.25) is 0 Å². The summed E-state index contributed by atoms with van der Waals surface area (Å²) in [4.78, 5) is 11.2. The molecule has 1 rings (SSSR count). The molecule has 1 aromatic carbocycles. The Morgan fingerprint density at radius 3 is 1.96 bits per heavy atom. The minimum absolute atomic E-state index is 0.0719. The van der Waals surface area contributed by atoms with Crippen LogP contribution in [0.15, 0.2) is 18.2 Å². The molecule has 0 aliphatic rings. The number of aryl methyl sites for hydroxylation is 1. The average Bonchev–Trinajstić information content (AvgIpc) is 2.47. The van der Waals surface area contributed by atoms with Gasteiger partial charge in [-0.05, 0) is 31.2 Å². The Morgan fingerprint density at radius 2 is 1.52 bits per heavy atom. The van der Waals surface area contributed by atoms with Gasteiger partial charge in [0.25, 0.3) is 0 Å². The van der Waals surface area contributed by atoms with Crippen molar-refractivity contribution in [2.75, 3.05) is 13.2 Å². The molecule has 0 amide bonds. The molecule has 132 valence electrons. The van der Waals surface area contributed by atoms with Crippen LogP contribution in [0.1, 0.15) is 71.4 Å². The normalized spacial score (nSPS) is 12.7. The molecular weight excluding hydrogens is 307 g/mol. The van der Waals surface area contributed by atoms with Gasteiger partial charge < -0.3 is 0 Å². The first-order chi connectivity index (χ1) is 10.7. The molecule has 1 N–H and O–H groups in total. The third kappa shape index (κ3) is 6.15. The molecule has 0 aliphatic carbocycles. The van der Waals surface area contributed by atoms with Gasteiger partial charge in [-0.1, -0.05) is 65.2 Å². The van der Waals surface area contributed by atoms with Crippen molar-refractivity contribution in [3.63, 3.8) is 0 Å². The monoisotopic (exact) mass is 341 g/mol. The van der Waals surface area contributed by atoms with Gasteiger partial charge in [-0.25, -0.2) is 0 Å². The standard InChI is InChI=1S/C19H34O3P/c1-7-9-13-21-23(20,22-14-10-8-2)18-12-11-16(3)15-17(18)19(4,5)6/h11-12,15,20H,7-10,13-14H2,1-6H3/q+1. The molecule has 0 aromatic heterocycles. The van der Waals surface area contributed by atoms with Crippen LogP contribution < -0.4 is 5.30 Å². The highest BCUT2D eigenvalue weighted by Crippen LogP contribution is 2.57. The summed E-state index contributed by atoms with van der Waals surface area (Å²) in [6.45, 7) is 13.9. The molecule has 3 nitrogen and oxygen atoms in total. The molecule has 0 saturated carbocycles. The highest BCUT2D eigenvalue weighted by Gasteiger charge is 2.47. The fourth-order valence-electron chi connectivity index (χ4n) is 2.34. The molecule has 23 heavy (non-hydrogen) atoms. The van der Waals surface area contributed by atoms with Crippen LogP contribution in [-0.4, -0.2) is 18.1 Å². The summed E-state index contributed by atoms with van der Waals surface area (Å²) in [5.41, 5.74) is 2.23. The summed E-state index contributed by atoms with van der Waals surface area (Å²) in [5, 5.41) is 0.836. The SMILES string of the molecule is CCCCO[P+](O)(OCCCC)c1ccc(C)cc1C(C)(C)C. The number of unbranched alkanes of at least 4 members (excludes halogenated alkanes) is 2. The Hall–Kier alpha value is -0.470. The van der Waals surface area contributed by atoms with E-state index in [-0.39, 0.29) is 5.41 Å². The van der Waals surface area contributed by atoms with Crippen molar-refractivity contribution >= 4 is 13.2 Å². The molecule has 0 bridgehead atoms. The molecule has 0 atom stereocenters. The van der Waals surface area contributed by atoms with Gasteiger partial charge in [0.1, 0.15) is 0 Å². The van der Waals surface area contributed by atoms with Crippen LogP contribution in [0, 0.1) is 6.92 Å². The van der Waals surface area contributed by atoms with E-state index in [1.165, 1.54) is 5.56 Å². The zero-order chi connectivity index (χ0) is 17.5. The third-order valence-electron chi connectivity index (χ3n) is 3.79. The van der Waals surface area contributed by atoms with Crippen molar-refractivity contribution in [2.24, 2.45) is 0 Å². The van der Waals surface area contributed by atoms with Gasteiger partial charge in [0.2, 0.25) is 0 Å². The fraction of sp³-hybridized carbons (Fsp3) is 0.684. The van der Waals surface area contributed by atoms with E-state index in [1.807, 2.05) is 12.1 Å². The molecule has 0 fully saturated rings. The van der Waals surface area contributed by atoms with Gasteiger partial charge in [0, 0.05) is 5.56 Å². The Morgan fingerprint density at radius 1 is 1.00 bits per heavy atom. The first kappa shape index (κ1) is 20.6. The zero-order valence-electron chi connectivity index (χ0n) is 15.7. The maximum Gasteiger partial charge on any atom is 0.446 e. The van der Waals surface area contributed by atoms with Crippen LogP contribution in [0.2, 0.25) is 0 Å². The fourth-order valence-corrected chi connectivity index (χ4v) is 4.41. The van der Waals surface area contributed by atoms with E-state index in [1.54, 1.807) is 0 Å². The molecule has 4 heteroatoms. The molecular formula is C19H34O3P+. The van der Waals surface area contributed by atoms with Gasteiger partial charge in [-0.15, -0.1) is 0 Å². The minimum Gasteiger partial charge on any atom is -0.188 e. The Kier molecular flexibility index (Phi) is 8.17. The second-order valence-corrected chi connectivity index (χ2v) is 9.20. The number of rotatable bonds is 9. The average molecular weight is 341 g/mol. The Bertz CT molecular complexity index is 470. The lowest BCUT2D eigenvalue weighted by Crippen LogP contribution is -2.28. The molecule has 0 unspecified atom stereocenters. The summed E-state index contributed by atoms with van der Waals surface area (Å²) in [6.07, 6.45) is 3.93. The van der Waals surface area contributed by atoms with Crippen LogP contribution in [0.3, 0.4) is 0 Å². The van der Waals surface area contributed by atoms with Crippen LogP contribution in [0.4, 0.5) is 0 Å². The van der Waals surface area contributed by atoms with E-state index in [0.717, 1.165) is 36.6 Å². The summed E-state index contributed by atoms with van der Waals surface area (Å²) in [7, 11) is -3.04. The van der Waals surface area contributed by atoms with Crippen molar-refractivity contribution in [1.29, 1.82) is 0 Å². The quantitative estimate of drug-likeness (QED) is 0.489. The second kappa shape index (κ2) is 9.13. The predicted molar refractivity (Wildman–Crippen MR) is 100 cm³/mol. The summed E-state index contributed by atoms with van der Waals surface area (Å²) < 4.78 is 11.8. The van der Waals surface area contributed by atoms with E-state index in [2.05, 4.69) is 47.6 Å². The topological polar surface area (TPSA) is 38.7 Å². The maximum atomic E-state index is 11.2. The van der Waals surface area contributed by atoms with E-state index in [4.69, 9.17) is 9.05 Å². The summed E-state index contributed by atoms with van der Waals surface area (Å²) in [5.74, 6) is 0. The number of benzene rings is 1. The van der Waals surface area contributed by atoms with Crippen LogP contribution in [-0.2, 0) is 14.5 Å². The van der Waals surface area contributed by atoms with Crippen molar-refractivity contribution < 1.29 is 13.9 Å². The Labute approximate surface area is 143 Å². The van der Waals surface area contributed by atoms with Crippen molar-refractivity contribution in [1.82, 2.24) is 0 Å². The first-order valence-corrected chi connectivity index (χ1v) is 10.3. The second-order valence-electron chi connectivity index (χ2n) is 7.16. The molecule has 0 heterocycles. The van der Waals surface area contributed by atoms with Gasteiger partial charge in [0.15, 0.2) is 5.30 Å². The number of hydrogen-bond acceptors (Lipinski definition) is 3. The summed E-state index contributed by atoms with van der Waals surface area (Å²) >= 11 is 0. The lowest BCUT2D eigenvalue weighted by molar-refractivity contribution is 0.181. The maximum absolute atomic E-state index is 11.2. The molecule has 0 saturated heterocycles. The van der Waals surface area contributed by atoms with Gasteiger partial charge in [0.05, 0.1) is 13.2 Å². The molecule has 0 radical (unpaired) electrons. The smallest absolute Gasteiger partial charge is 0.188 e. The minimum atomic E-state index is -3.04. The highest BCUT2D eigenvalue weighted by atomic mass is 31.2. The van der Waals surface area contributed by atoms with Crippen molar-refractivity contribution in [2.45, 2.75) is 72.6 Å². The zero-order valence-corrected chi connectivity index (χ0v) is 16.6. The summed E-state index contributed by atoms with van der Waals surface area (Å²) in [6, 6.07) is 6.16. The van der Waals surface area contributed by atoms with Crippen LogP contribution >= 0.6 is 7.94 Å². The molecule has 1 aromatic rings. The first-order valence-electron chi connectivity index (χ1n) is 8.77. The lowest BCUT2D eigenvalue weighted by atomic mass is 9.86. The Balaban J connectivity index is 3.19. The van der Waals surface area contributed by atoms with E-state index in [9.17, 15) is 4.89 Å². The largest absolute Gasteiger partial charge is 0.446 e. The van der Waals surface area contributed by atoms with Crippen molar-refractivity contribution in [3.8, 4) is 0 Å². The molecule has 0 spiro atoms. The van der Waals surface area contributed by atoms with Crippen LogP contribution in [0.25, 0.3) is 0 Å². The highest BCUT2D eigenvalue weighted by molar-refractivity contribution is 7.68.